The van der Waals surface area contributed by atoms with Crippen molar-refractivity contribution in [3.05, 3.63) is 82.6 Å². The van der Waals surface area contributed by atoms with Gasteiger partial charge in [-0.15, -0.1) is 23.1 Å². The quantitative estimate of drug-likeness (QED) is 0.646. The predicted molar refractivity (Wildman–Crippen MR) is 94.7 cm³/mol. The fraction of sp³-hybridized carbons (Fsp3) is 0.0556. The maximum absolute atomic E-state index is 12.1. The highest BCUT2D eigenvalue weighted by molar-refractivity contribution is 7.98. The van der Waals surface area contributed by atoms with Crippen LogP contribution < -0.4 is 5.32 Å². The van der Waals surface area contributed by atoms with E-state index in [1.54, 1.807) is 11.8 Å². The number of thiophene rings is 1. The van der Waals surface area contributed by atoms with Gasteiger partial charge in [-0.05, 0) is 35.2 Å². The Balaban J connectivity index is 1.64. The Morgan fingerprint density at radius 2 is 1.86 bits per heavy atom. The lowest BCUT2D eigenvalue weighted by Crippen LogP contribution is -2.09. The molecule has 1 heterocycles. The van der Waals surface area contributed by atoms with Gasteiger partial charge < -0.3 is 5.32 Å². The average molecular weight is 325 g/mol. The summed E-state index contributed by atoms with van der Waals surface area (Å²) < 4.78 is 0. The maximum Gasteiger partial charge on any atom is 0.265 e. The van der Waals surface area contributed by atoms with Gasteiger partial charge in [0.2, 0.25) is 0 Å². The summed E-state index contributed by atoms with van der Waals surface area (Å²) in [7, 11) is 0. The molecule has 4 heteroatoms. The van der Waals surface area contributed by atoms with Crippen LogP contribution in [-0.4, -0.2) is 5.91 Å². The molecule has 0 spiro atoms. The van der Waals surface area contributed by atoms with Crippen molar-refractivity contribution in [1.29, 1.82) is 0 Å². The molecule has 0 bridgehead atoms. The van der Waals surface area contributed by atoms with Crippen LogP contribution in [0.3, 0.4) is 0 Å². The molecule has 3 rings (SSSR count). The highest BCUT2D eigenvalue weighted by Gasteiger charge is 2.07. The summed E-state index contributed by atoms with van der Waals surface area (Å²) in [5.41, 5.74) is 2.12. The largest absolute Gasteiger partial charge is 0.321 e. The first-order valence-electron chi connectivity index (χ1n) is 6.93. The van der Waals surface area contributed by atoms with E-state index in [2.05, 4.69) is 23.5 Å². The average Bonchev–Trinajstić information content (AvgIpc) is 3.09. The molecule has 0 aliphatic carbocycles. The van der Waals surface area contributed by atoms with Crippen LogP contribution in [0.2, 0.25) is 0 Å². The van der Waals surface area contributed by atoms with Crippen LogP contribution in [0, 0.1) is 0 Å². The van der Waals surface area contributed by atoms with Gasteiger partial charge in [-0.1, -0.05) is 42.5 Å². The van der Waals surface area contributed by atoms with Gasteiger partial charge in [0.15, 0.2) is 0 Å². The van der Waals surface area contributed by atoms with Crippen molar-refractivity contribution in [3.63, 3.8) is 0 Å². The van der Waals surface area contributed by atoms with Gasteiger partial charge in [-0.3, -0.25) is 4.79 Å². The van der Waals surface area contributed by atoms with Crippen LogP contribution in [-0.2, 0) is 5.75 Å². The summed E-state index contributed by atoms with van der Waals surface area (Å²) in [5, 5.41) is 4.84. The molecule has 0 unspecified atom stereocenters. The molecule has 0 aliphatic rings. The Hall–Kier alpha value is -2.04. The smallest absolute Gasteiger partial charge is 0.265 e. The highest BCUT2D eigenvalue weighted by atomic mass is 32.2. The zero-order chi connectivity index (χ0) is 15.2. The summed E-state index contributed by atoms with van der Waals surface area (Å²) >= 11 is 3.21. The molecule has 0 aliphatic heterocycles. The molecule has 110 valence electrons. The first kappa shape index (κ1) is 14.9. The van der Waals surface area contributed by atoms with Gasteiger partial charge in [0, 0.05) is 16.3 Å². The van der Waals surface area contributed by atoms with Gasteiger partial charge in [0.1, 0.15) is 0 Å². The Morgan fingerprint density at radius 3 is 2.64 bits per heavy atom. The molecular formula is C18H15NOS2. The topological polar surface area (TPSA) is 29.1 Å². The number of benzene rings is 2. The Bertz CT molecular complexity index is 739. The Labute approximate surface area is 138 Å². The molecule has 2 nitrogen and oxygen atoms in total. The van der Waals surface area contributed by atoms with E-state index in [9.17, 15) is 4.79 Å². The number of amides is 1. The summed E-state index contributed by atoms with van der Waals surface area (Å²) in [6, 6.07) is 22.0. The number of nitrogens with one attached hydrogen (secondary N) is 1. The summed E-state index contributed by atoms with van der Waals surface area (Å²) in [4.78, 5) is 13.9. The number of carbonyl (C=O) groups is 1. The van der Waals surface area contributed by atoms with Crippen molar-refractivity contribution < 1.29 is 4.79 Å². The monoisotopic (exact) mass is 325 g/mol. The molecule has 0 saturated carbocycles. The minimum absolute atomic E-state index is 0.0554. The molecule has 1 amide bonds. The van der Waals surface area contributed by atoms with Gasteiger partial charge in [0.25, 0.3) is 5.91 Å². The van der Waals surface area contributed by atoms with Crippen LogP contribution in [0.15, 0.2) is 77.0 Å². The van der Waals surface area contributed by atoms with Crippen LogP contribution in [0.25, 0.3) is 0 Å². The third-order valence-electron chi connectivity index (χ3n) is 3.09. The fourth-order valence-corrected chi connectivity index (χ4v) is 3.53. The third kappa shape index (κ3) is 4.00. The Morgan fingerprint density at radius 1 is 1.00 bits per heavy atom. The van der Waals surface area contributed by atoms with Gasteiger partial charge >= 0.3 is 0 Å². The normalized spacial score (nSPS) is 10.4. The van der Waals surface area contributed by atoms with E-state index in [0.29, 0.717) is 0 Å². The van der Waals surface area contributed by atoms with Crippen molar-refractivity contribution in [2.45, 2.75) is 10.6 Å². The van der Waals surface area contributed by atoms with Crippen LogP contribution in [0.5, 0.6) is 0 Å². The molecule has 1 aromatic heterocycles. The molecule has 0 atom stereocenters. The highest BCUT2D eigenvalue weighted by Crippen LogP contribution is 2.25. The minimum atomic E-state index is -0.0554. The second kappa shape index (κ2) is 7.29. The van der Waals surface area contributed by atoms with E-state index in [1.165, 1.54) is 16.9 Å². The number of anilines is 1. The number of thioether (sulfide) groups is 1. The SMILES string of the molecule is O=C(Nc1cccc(SCc2ccccc2)c1)c1cccs1. The molecule has 2 aromatic carbocycles. The van der Waals surface area contributed by atoms with E-state index in [0.717, 1.165) is 21.2 Å². The summed E-state index contributed by atoms with van der Waals surface area (Å²) in [5.74, 6) is 0.864. The standard InChI is InChI=1S/C18H15NOS2/c20-18(17-10-5-11-21-17)19-15-8-4-9-16(12-15)22-13-14-6-2-1-3-7-14/h1-12H,13H2,(H,19,20). The van der Waals surface area contributed by atoms with Crippen LogP contribution >= 0.6 is 23.1 Å². The first-order valence-corrected chi connectivity index (χ1v) is 8.79. The van der Waals surface area contributed by atoms with Gasteiger partial charge in [-0.25, -0.2) is 0 Å². The molecule has 0 saturated heterocycles. The lowest BCUT2D eigenvalue weighted by atomic mass is 10.2. The zero-order valence-corrected chi connectivity index (χ0v) is 13.5. The summed E-state index contributed by atoms with van der Waals surface area (Å²) in [6.07, 6.45) is 0. The van der Waals surface area contributed by atoms with Crippen molar-refractivity contribution in [2.24, 2.45) is 0 Å². The van der Waals surface area contributed by atoms with Crippen molar-refractivity contribution in [1.82, 2.24) is 0 Å². The molecular weight excluding hydrogens is 310 g/mol. The second-order valence-corrected chi connectivity index (χ2v) is 6.73. The van der Waals surface area contributed by atoms with Crippen molar-refractivity contribution in [2.75, 3.05) is 5.32 Å². The predicted octanol–water partition coefficient (Wildman–Crippen LogP) is 5.29. The first-order chi connectivity index (χ1) is 10.8. The van der Waals surface area contributed by atoms with E-state index < -0.39 is 0 Å². The molecule has 3 aromatic rings. The Kier molecular flexibility index (Phi) is 4.93. The van der Waals surface area contributed by atoms with Crippen LogP contribution in [0.1, 0.15) is 15.2 Å². The van der Waals surface area contributed by atoms with Crippen molar-refractivity contribution >= 4 is 34.7 Å². The number of hydrogen-bond acceptors (Lipinski definition) is 3. The zero-order valence-electron chi connectivity index (χ0n) is 11.9. The lowest BCUT2D eigenvalue weighted by molar-refractivity contribution is 0.103. The summed E-state index contributed by atoms with van der Waals surface area (Å²) in [6.45, 7) is 0. The van der Waals surface area contributed by atoms with Crippen molar-refractivity contribution in [3.8, 4) is 0 Å². The fourth-order valence-electron chi connectivity index (χ4n) is 2.00. The van der Waals surface area contributed by atoms with Gasteiger partial charge in [-0.2, -0.15) is 0 Å². The van der Waals surface area contributed by atoms with Gasteiger partial charge in [0.05, 0.1) is 4.88 Å². The van der Waals surface area contributed by atoms with E-state index in [1.807, 2.05) is 53.9 Å². The van der Waals surface area contributed by atoms with Crippen LogP contribution in [0.4, 0.5) is 5.69 Å². The third-order valence-corrected chi connectivity index (χ3v) is 5.02. The van der Waals surface area contributed by atoms with E-state index in [-0.39, 0.29) is 5.91 Å². The second-order valence-electron chi connectivity index (χ2n) is 4.73. The lowest BCUT2D eigenvalue weighted by Gasteiger charge is -2.07. The molecule has 1 N–H and O–H groups in total. The number of carbonyl (C=O) groups excluding carboxylic acids is 1. The van der Waals surface area contributed by atoms with E-state index in [4.69, 9.17) is 0 Å². The van der Waals surface area contributed by atoms with E-state index >= 15 is 0 Å². The maximum atomic E-state index is 12.1. The number of rotatable bonds is 5. The minimum Gasteiger partial charge on any atom is -0.321 e. The molecule has 0 fully saturated rings. The molecule has 0 radical (unpaired) electrons. The molecule has 22 heavy (non-hydrogen) atoms. The number of hydrogen-bond donors (Lipinski definition) is 1.